The maximum Gasteiger partial charge on any atom is 0.234 e. The molecule has 3 N–H and O–H groups in total. The Morgan fingerprint density at radius 1 is 1.30 bits per heavy atom. The highest BCUT2D eigenvalue weighted by Crippen LogP contribution is 2.25. The largest absolute Gasteiger partial charge is 0.397 e. The van der Waals surface area contributed by atoms with E-state index in [9.17, 15) is 4.79 Å². The van der Waals surface area contributed by atoms with Crippen molar-refractivity contribution < 1.29 is 4.79 Å². The number of anilines is 2. The molecule has 1 heterocycles. The van der Waals surface area contributed by atoms with E-state index in [0.29, 0.717) is 11.4 Å². The van der Waals surface area contributed by atoms with Gasteiger partial charge in [-0.05, 0) is 30.5 Å². The van der Waals surface area contributed by atoms with Crippen LogP contribution in [0, 0.1) is 0 Å². The third kappa shape index (κ3) is 4.18. The van der Waals surface area contributed by atoms with Crippen molar-refractivity contribution in [2.75, 3.05) is 23.1 Å². The molecule has 0 aliphatic rings. The second kappa shape index (κ2) is 7.21. The van der Waals surface area contributed by atoms with E-state index in [4.69, 9.17) is 5.73 Å². The molecule has 0 unspecified atom stereocenters. The highest BCUT2D eigenvalue weighted by molar-refractivity contribution is 8.00. The predicted molar refractivity (Wildman–Crippen MR) is 86.2 cm³/mol. The zero-order chi connectivity index (χ0) is 14.4. The summed E-state index contributed by atoms with van der Waals surface area (Å²) in [6.07, 6.45) is 3.57. The van der Waals surface area contributed by atoms with Gasteiger partial charge in [-0.15, -0.1) is 11.8 Å². The average molecular weight is 305 g/mol. The minimum Gasteiger partial charge on any atom is -0.397 e. The minimum absolute atomic E-state index is 0.0462. The van der Waals surface area contributed by atoms with Crippen molar-refractivity contribution in [2.24, 2.45) is 0 Å². The molecule has 0 bridgehead atoms. The van der Waals surface area contributed by atoms with Crippen molar-refractivity contribution in [2.45, 2.75) is 9.92 Å². The summed E-state index contributed by atoms with van der Waals surface area (Å²) >= 11 is 2.99. The van der Waals surface area contributed by atoms with Gasteiger partial charge in [-0.3, -0.25) is 4.79 Å². The van der Waals surface area contributed by atoms with Gasteiger partial charge >= 0.3 is 0 Å². The molecule has 2 aromatic rings. The van der Waals surface area contributed by atoms with Gasteiger partial charge in [-0.25, -0.2) is 4.98 Å². The van der Waals surface area contributed by atoms with Gasteiger partial charge in [0.25, 0.3) is 0 Å². The molecule has 0 radical (unpaired) electrons. The number of pyridine rings is 1. The highest BCUT2D eigenvalue weighted by atomic mass is 32.2. The topological polar surface area (TPSA) is 68.0 Å². The smallest absolute Gasteiger partial charge is 0.234 e. The molecule has 20 heavy (non-hydrogen) atoms. The Bertz CT molecular complexity index is 587. The summed E-state index contributed by atoms with van der Waals surface area (Å²) in [5.41, 5.74) is 7.03. The molecular weight excluding hydrogens is 290 g/mol. The lowest BCUT2D eigenvalue weighted by molar-refractivity contribution is -0.113. The molecule has 0 aliphatic heterocycles. The molecule has 2 rings (SSSR count). The summed E-state index contributed by atoms with van der Waals surface area (Å²) in [5, 5.41) is 3.69. The van der Waals surface area contributed by atoms with Gasteiger partial charge in [0.15, 0.2) is 0 Å². The van der Waals surface area contributed by atoms with Gasteiger partial charge in [0.05, 0.1) is 28.4 Å². The Kier molecular flexibility index (Phi) is 5.31. The first kappa shape index (κ1) is 14.7. The van der Waals surface area contributed by atoms with E-state index in [-0.39, 0.29) is 5.91 Å². The predicted octanol–water partition coefficient (Wildman–Crippen LogP) is 3.12. The molecule has 4 nitrogen and oxygen atoms in total. The number of nitrogens with two attached hydrogens (primary N) is 1. The van der Waals surface area contributed by atoms with Crippen molar-refractivity contribution in [3.63, 3.8) is 0 Å². The number of nitrogen functional groups attached to an aromatic ring is 1. The molecule has 0 aliphatic carbocycles. The Morgan fingerprint density at radius 2 is 2.10 bits per heavy atom. The summed E-state index contributed by atoms with van der Waals surface area (Å²) in [6.45, 7) is 0. The zero-order valence-electron chi connectivity index (χ0n) is 11.0. The van der Waals surface area contributed by atoms with Crippen LogP contribution >= 0.6 is 23.5 Å². The summed E-state index contributed by atoms with van der Waals surface area (Å²) in [5.74, 6) is 0.273. The van der Waals surface area contributed by atoms with Crippen LogP contribution in [0.1, 0.15) is 0 Å². The lowest BCUT2D eigenvalue weighted by atomic mass is 10.3. The number of nitrogens with zero attached hydrogens (tertiary/aromatic N) is 1. The number of thioether (sulfide) groups is 2. The number of amides is 1. The fourth-order valence-electron chi connectivity index (χ4n) is 1.55. The van der Waals surface area contributed by atoms with Crippen LogP contribution in [0.2, 0.25) is 0 Å². The number of carbonyl (C=O) groups excluding carboxylic acids is 1. The molecule has 0 atom stereocenters. The zero-order valence-corrected chi connectivity index (χ0v) is 12.6. The molecule has 6 heteroatoms. The van der Waals surface area contributed by atoms with Crippen LogP contribution < -0.4 is 11.1 Å². The second-order valence-corrected chi connectivity index (χ2v) is 5.81. The Balaban J connectivity index is 1.91. The molecule has 0 saturated heterocycles. The van der Waals surface area contributed by atoms with Crippen LogP contribution in [0.5, 0.6) is 0 Å². The summed E-state index contributed by atoms with van der Waals surface area (Å²) in [6, 6.07) is 11.3. The number of aromatic nitrogens is 1. The van der Waals surface area contributed by atoms with Gasteiger partial charge < -0.3 is 11.1 Å². The van der Waals surface area contributed by atoms with E-state index in [0.717, 1.165) is 15.6 Å². The van der Waals surface area contributed by atoms with E-state index < -0.39 is 0 Å². The first-order valence-corrected chi connectivity index (χ1v) is 8.17. The highest BCUT2D eigenvalue weighted by Gasteiger charge is 2.07. The molecule has 0 saturated carbocycles. The number of nitrogens with one attached hydrogen (secondary N) is 1. The van der Waals surface area contributed by atoms with Crippen molar-refractivity contribution >= 4 is 40.8 Å². The first-order valence-electron chi connectivity index (χ1n) is 5.96. The number of rotatable bonds is 5. The Labute approximate surface area is 126 Å². The Morgan fingerprint density at radius 3 is 2.80 bits per heavy atom. The average Bonchev–Trinajstić information content (AvgIpc) is 2.47. The van der Waals surface area contributed by atoms with E-state index in [2.05, 4.69) is 10.3 Å². The van der Waals surface area contributed by atoms with Crippen LogP contribution in [0.3, 0.4) is 0 Å². The van der Waals surface area contributed by atoms with E-state index in [1.807, 2.05) is 36.6 Å². The SMILES string of the molecule is CSc1ccccc1NC(=O)CSc1ccc(N)cn1. The van der Waals surface area contributed by atoms with Crippen molar-refractivity contribution in [1.29, 1.82) is 0 Å². The molecule has 0 fully saturated rings. The fraction of sp³-hybridized carbons (Fsp3) is 0.143. The van der Waals surface area contributed by atoms with Crippen LogP contribution in [-0.2, 0) is 4.79 Å². The van der Waals surface area contributed by atoms with Crippen molar-refractivity contribution in [3.8, 4) is 0 Å². The Hall–Kier alpha value is -1.66. The minimum atomic E-state index is -0.0462. The van der Waals surface area contributed by atoms with Crippen LogP contribution in [0.15, 0.2) is 52.5 Å². The standard InChI is InChI=1S/C14H15N3OS2/c1-19-12-5-3-2-4-11(12)17-13(18)9-20-14-7-6-10(15)8-16-14/h2-8H,9,15H2,1H3,(H,17,18). The van der Waals surface area contributed by atoms with Gasteiger partial charge in [0.2, 0.25) is 5.91 Å². The maximum absolute atomic E-state index is 11.9. The number of hydrogen-bond acceptors (Lipinski definition) is 5. The summed E-state index contributed by atoms with van der Waals surface area (Å²) in [4.78, 5) is 17.1. The normalized spacial score (nSPS) is 10.2. The van der Waals surface area contributed by atoms with E-state index >= 15 is 0 Å². The molecule has 0 spiro atoms. The number of benzene rings is 1. The van der Waals surface area contributed by atoms with E-state index in [1.165, 1.54) is 11.8 Å². The first-order chi connectivity index (χ1) is 9.69. The van der Waals surface area contributed by atoms with Gasteiger partial charge in [0.1, 0.15) is 0 Å². The van der Waals surface area contributed by atoms with Crippen LogP contribution in [-0.4, -0.2) is 22.9 Å². The van der Waals surface area contributed by atoms with E-state index in [1.54, 1.807) is 24.0 Å². The van der Waals surface area contributed by atoms with Gasteiger partial charge in [-0.2, -0.15) is 0 Å². The van der Waals surface area contributed by atoms with Crippen molar-refractivity contribution in [1.82, 2.24) is 4.98 Å². The molecular formula is C14H15N3OS2. The third-order valence-electron chi connectivity index (χ3n) is 2.49. The lowest BCUT2D eigenvalue weighted by Crippen LogP contribution is -2.14. The monoisotopic (exact) mass is 305 g/mol. The number of hydrogen-bond donors (Lipinski definition) is 2. The number of carbonyl (C=O) groups is 1. The van der Waals surface area contributed by atoms with Gasteiger partial charge in [0, 0.05) is 4.90 Å². The lowest BCUT2D eigenvalue weighted by Gasteiger charge is -2.08. The molecule has 1 amide bonds. The molecule has 1 aromatic carbocycles. The summed E-state index contributed by atoms with van der Waals surface area (Å²) in [7, 11) is 0. The van der Waals surface area contributed by atoms with Crippen molar-refractivity contribution in [3.05, 3.63) is 42.6 Å². The van der Waals surface area contributed by atoms with Crippen LogP contribution in [0.4, 0.5) is 11.4 Å². The summed E-state index contributed by atoms with van der Waals surface area (Å²) < 4.78 is 0. The second-order valence-electron chi connectivity index (χ2n) is 3.97. The molecule has 1 aromatic heterocycles. The van der Waals surface area contributed by atoms with Gasteiger partial charge in [-0.1, -0.05) is 23.9 Å². The number of para-hydroxylation sites is 1. The quantitative estimate of drug-likeness (QED) is 0.831. The molecule has 104 valence electrons. The van der Waals surface area contributed by atoms with Crippen LogP contribution in [0.25, 0.3) is 0 Å². The third-order valence-corrected chi connectivity index (χ3v) is 4.23. The maximum atomic E-state index is 11.9. The fourth-order valence-corrected chi connectivity index (χ4v) is 2.75.